The Labute approximate surface area is 87.5 Å². The summed E-state index contributed by atoms with van der Waals surface area (Å²) >= 11 is 0. The van der Waals surface area contributed by atoms with Crippen LogP contribution in [0.4, 0.5) is 0 Å². The van der Waals surface area contributed by atoms with Crippen molar-refractivity contribution in [2.24, 2.45) is 0 Å². The minimum atomic E-state index is 0. The number of hydrogen-bond donors (Lipinski definition) is 0. The van der Waals surface area contributed by atoms with Gasteiger partial charge in [-0.25, -0.2) is 0 Å². The molecule has 1 aliphatic rings. The van der Waals surface area contributed by atoms with Crippen molar-refractivity contribution in [3.05, 3.63) is 0 Å². The predicted octanol–water partition coefficient (Wildman–Crippen LogP) is -0.581. The van der Waals surface area contributed by atoms with Gasteiger partial charge in [0.1, 0.15) is 0 Å². The molecule has 1 rings (SSSR count). The van der Waals surface area contributed by atoms with Gasteiger partial charge >= 0.3 is 0 Å². The monoisotopic (exact) mass is 235 g/mol. The van der Waals surface area contributed by atoms with Crippen molar-refractivity contribution in [3.63, 3.8) is 0 Å². The zero-order chi connectivity index (χ0) is 8.32. The SMILES string of the molecule is CC[N+](C)(C)C1CCCCC1.[Br-]. The lowest BCUT2D eigenvalue weighted by Gasteiger charge is -2.39. The summed E-state index contributed by atoms with van der Waals surface area (Å²) in [7, 11) is 4.74. The van der Waals surface area contributed by atoms with Crippen LogP contribution in [0.1, 0.15) is 39.0 Å². The van der Waals surface area contributed by atoms with E-state index in [0.29, 0.717) is 0 Å². The van der Waals surface area contributed by atoms with Crippen molar-refractivity contribution >= 4 is 0 Å². The zero-order valence-corrected chi connectivity index (χ0v) is 10.2. The normalized spacial score (nSPS) is 20.2. The molecular weight excluding hydrogens is 214 g/mol. The van der Waals surface area contributed by atoms with Crippen LogP contribution in [0.5, 0.6) is 0 Å². The lowest BCUT2D eigenvalue weighted by molar-refractivity contribution is -0.914. The highest BCUT2D eigenvalue weighted by Crippen LogP contribution is 2.24. The van der Waals surface area contributed by atoms with Crippen molar-refractivity contribution < 1.29 is 21.5 Å². The Morgan fingerprint density at radius 1 is 1.08 bits per heavy atom. The van der Waals surface area contributed by atoms with E-state index in [1.54, 1.807) is 0 Å². The van der Waals surface area contributed by atoms with E-state index in [1.807, 2.05) is 0 Å². The van der Waals surface area contributed by atoms with E-state index < -0.39 is 0 Å². The van der Waals surface area contributed by atoms with E-state index in [1.165, 1.54) is 43.1 Å². The first kappa shape index (κ1) is 12.4. The molecule has 0 saturated heterocycles. The summed E-state index contributed by atoms with van der Waals surface area (Å²) < 4.78 is 1.24. The number of nitrogens with zero attached hydrogens (tertiary/aromatic N) is 1. The highest BCUT2D eigenvalue weighted by molar-refractivity contribution is 4.65. The van der Waals surface area contributed by atoms with Crippen LogP contribution in [-0.2, 0) is 0 Å². The molecular formula is C10H22BrN. The first-order chi connectivity index (χ1) is 5.17. The van der Waals surface area contributed by atoms with Gasteiger partial charge < -0.3 is 21.5 Å². The third-order valence-corrected chi connectivity index (χ3v) is 3.38. The van der Waals surface area contributed by atoms with E-state index in [4.69, 9.17) is 0 Å². The summed E-state index contributed by atoms with van der Waals surface area (Å²) in [5.74, 6) is 0. The molecule has 0 heterocycles. The Balaban J connectivity index is 0.00000121. The Morgan fingerprint density at radius 3 is 2.00 bits per heavy atom. The number of hydrogen-bond acceptors (Lipinski definition) is 0. The van der Waals surface area contributed by atoms with Crippen LogP contribution in [0.2, 0.25) is 0 Å². The van der Waals surface area contributed by atoms with Gasteiger partial charge in [-0.2, -0.15) is 0 Å². The van der Waals surface area contributed by atoms with Crippen molar-refractivity contribution in [1.82, 2.24) is 0 Å². The zero-order valence-electron chi connectivity index (χ0n) is 8.65. The van der Waals surface area contributed by atoms with Crippen molar-refractivity contribution in [2.45, 2.75) is 45.1 Å². The number of rotatable bonds is 2. The molecule has 1 fully saturated rings. The van der Waals surface area contributed by atoms with Crippen LogP contribution in [0.15, 0.2) is 0 Å². The Kier molecular flexibility index (Phi) is 5.42. The van der Waals surface area contributed by atoms with Crippen LogP contribution in [0.3, 0.4) is 0 Å². The second kappa shape index (κ2) is 5.23. The fourth-order valence-electron chi connectivity index (χ4n) is 2.04. The quantitative estimate of drug-likeness (QED) is 0.563. The van der Waals surface area contributed by atoms with Crippen molar-refractivity contribution in [1.29, 1.82) is 0 Å². The van der Waals surface area contributed by atoms with Gasteiger partial charge in [-0.15, -0.1) is 0 Å². The van der Waals surface area contributed by atoms with Gasteiger partial charge in [0.15, 0.2) is 0 Å². The maximum Gasteiger partial charge on any atom is 0.0886 e. The topological polar surface area (TPSA) is 0 Å². The fourth-order valence-corrected chi connectivity index (χ4v) is 2.04. The van der Waals surface area contributed by atoms with Crippen LogP contribution in [-0.4, -0.2) is 31.2 Å². The molecule has 1 nitrogen and oxygen atoms in total. The summed E-state index contributed by atoms with van der Waals surface area (Å²) in [6, 6.07) is 0.953. The van der Waals surface area contributed by atoms with Crippen LogP contribution >= 0.6 is 0 Å². The summed E-state index contributed by atoms with van der Waals surface area (Å²) in [5.41, 5.74) is 0. The molecule has 0 aromatic carbocycles. The summed E-state index contributed by atoms with van der Waals surface area (Å²) in [6.07, 6.45) is 7.32. The van der Waals surface area contributed by atoms with Crippen molar-refractivity contribution in [2.75, 3.05) is 20.6 Å². The van der Waals surface area contributed by atoms with E-state index in [9.17, 15) is 0 Å². The summed E-state index contributed by atoms with van der Waals surface area (Å²) in [5, 5.41) is 0. The first-order valence-electron chi connectivity index (χ1n) is 4.99. The molecule has 12 heavy (non-hydrogen) atoms. The predicted molar refractivity (Wildman–Crippen MR) is 49.5 cm³/mol. The smallest absolute Gasteiger partial charge is 0.0886 e. The molecule has 0 N–H and O–H groups in total. The maximum absolute atomic E-state index is 2.37. The Morgan fingerprint density at radius 2 is 1.58 bits per heavy atom. The fraction of sp³-hybridized carbons (Fsp3) is 1.00. The van der Waals surface area contributed by atoms with Crippen LogP contribution in [0, 0.1) is 0 Å². The maximum atomic E-state index is 2.37. The highest BCUT2D eigenvalue weighted by atomic mass is 79.9. The molecule has 0 bridgehead atoms. The Bertz CT molecular complexity index is 117. The molecule has 74 valence electrons. The number of quaternary nitrogens is 1. The van der Waals surface area contributed by atoms with Gasteiger partial charge in [0.05, 0.1) is 26.7 Å². The van der Waals surface area contributed by atoms with Crippen molar-refractivity contribution in [3.8, 4) is 0 Å². The average Bonchev–Trinajstić information content (AvgIpc) is 2.06. The first-order valence-corrected chi connectivity index (χ1v) is 4.99. The van der Waals surface area contributed by atoms with E-state index in [-0.39, 0.29) is 17.0 Å². The van der Waals surface area contributed by atoms with Gasteiger partial charge in [-0.3, -0.25) is 0 Å². The molecule has 0 atom stereocenters. The third-order valence-electron chi connectivity index (χ3n) is 3.38. The molecule has 1 saturated carbocycles. The molecule has 0 aromatic rings. The summed E-state index contributed by atoms with van der Waals surface area (Å²) in [4.78, 5) is 0. The second-order valence-corrected chi connectivity index (χ2v) is 4.39. The van der Waals surface area contributed by atoms with Gasteiger partial charge in [-0.05, 0) is 32.6 Å². The molecule has 0 radical (unpaired) electrons. The van der Waals surface area contributed by atoms with Gasteiger partial charge in [0.25, 0.3) is 0 Å². The van der Waals surface area contributed by atoms with E-state index in [2.05, 4.69) is 21.0 Å². The van der Waals surface area contributed by atoms with Gasteiger partial charge in [0, 0.05) is 0 Å². The van der Waals surface area contributed by atoms with E-state index >= 15 is 0 Å². The number of halogens is 1. The van der Waals surface area contributed by atoms with Crippen LogP contribution < -0.4 is 17.0 Å². The molecule has 2 heteroatoms. The molecule has 0 unspecified atom stereocenters. The third kappa shape index (κ3) is 3.06. The molecule has 0 spiro atoms. The van der Waals surface area contributed by atoms with E-state index in [0.717, 1.165) is 6.04 Å². The Hall–Kier alpha value is 0.440. The minimum absolute atomic E-state index is 0. The van der Waals surface area contributed by atoms with Gasteiger partial charge in [-0.1, -0.05) is 6.42 Å². The molecule has 0 aromatic heterocycles. The largest absolute Gasteiger partial charge is 1.00 e. The minimum Gasteiger partial charge on any atom is -1.00 e. The molecule has 0 amide bonds. The average molecular weight is 236 g/mol. The standard InChI is InChI=1S/C10H22N.BrH/c1-4-11(2,3)10-8-6-5-7-9-10;/h10H,4-9H2,1-3H3;1H/q+1;/p-1. The van der Waals surface area contributed by atoms with Gasteiger partial charge in [0.2, 0.25) is 0 Å². The highest BCUT2D eigenvalue weighted by Gasteiger charge is 2.27. The van der Waals surface area contributed by atoms with Crippen LogP contribution in [0.25, 0.3) is 0 Å². The molecule has 1 aliphatic carbocycles. The second-order valence-electron chi connectivity index (χ2n) is 4.39. The summed E-state index contributed by atoms with van der Waals surface area (Å²) in [6.45, 7) is 3.58. The molecule has 0 aliphatic heterocycles. The lowest BCUT2D eigenvalue weighted by atomic mass is 9.93. The lowest BCUT2D eigenvalue weighted by Crippen LogP contribution is -3.00.